The van der Waals surface area contributed by atoms with E-state index in [2.05, 4.69) is 24.6 Å². The van der Waals surface area contributed by atoms with Crippen molar-refractivity contribution in [2.24, 2.45) is 0 Å². The fourth-order valence-corrected chi connectivity index (χ4v) is 6.38. The number of hydrogen-bond acceptors (Lipinski definition) is 3. The average molecular weight is 565 g/mol. The fourth-order valence-electron chi connectivity index (χ4n) is 5.45. The van der Waals surface area contributed by atoms with Crippen LogP contribution < -0.4 is 0 Å². The van der Waals surface area contributed by atoms with Crippen LogP contribution in [0.5, 0.6) is 0 Å². The molecule has 0 aliphatic carbocycles. The monoisotopic (exact) mass is 564 g/mol. The third kappa shape index (κ3) is 25.1. The Balaban J connectivity index is 1.83. The van der Waals surface area contributed by atoms with Crippen LogP contribution >= 0.6 is 11.3 Å². The van der Waals surface area contributed by atoms with Crippen molar-refractivity contribution in [3.05, 3.63) is 21.9 Å². The molecule has 0 atom stereocenters. The Kier molecular flexibility index (Phi) is 28.7. The first-order valence-electron chi connectivity index (χ1n) is 17.6. The van der Waals surface area contributed by atoms with Crippen molar-refractivity contribution in [2.75, 3.05) is 26.4 Å². The molecule has 0 N–H and O–H groups in total. The second kappa shape index (κ2) is 30.6. The second-order valence-electron chi connectivity index (χ2n) is 11.9. The molecule has 0 amide bonds. The molecule has 0 radical (unpaired) electrons. The van der Waals surface area contributed by atoms with Gasteiger partial charge in [-0.05, 0) is 47.6 Å². The van der Waals surface area contributed by atoms with E-state index in [4.69, 9.17) is 9.47 Å². The summed E-state index contributed by atoms with van der Waals surface area (Å²) in [5.41, 5.74) is 2.95. The number of hydrogen-bond donors (Lipinski definition) is 0. The maximum atomic E-state index is 5.96. The van der Waals surface area contributed by atoms with E-state index >= 15 is 0 Å². The largest absolute Gasteiger partial charge is 0.381 e. The topological polar surface area (TPSA) is 18.5 Å². The molecule has 3 heteroatoms. The molecule has 0 aliphatic heterocycles. The molecule has 0 fully saturated rings. The lowest BCUT2D eigenvalue weighted by molar-refractivity contribution is 0.129. The summed E-state index contributed by atoms with van der Waals surface area (Å²) in [4.78, 5) is 0. The first-order chi connectivity index (χ1) is 19.4. The van der Waals surface area contributed by atoms with E-state index in [-0.39, 0.29) is 0 Å². The third-order valence-corrected chi connectivity index (χ3v) is 8.99. The molecule has 1 heterocycles. The molecule has 1 aromatic heterocycles. The van der Waals surface area contributed by atoms with E-state index in [1.807, 2.05) is 11.3 Å². The summed E-state index contributed by atoms with van der Waals surface area (Å²) in [6, 6.07) is 0. The van der Waals surface area contributed by atoms with Gasteiger partial charge in [-0.25, -0.2) is 0 Å². The van der Waals surface area contributed by atoms with Crippen molar-refractivity contribution in [2.45, 2.75) is 181 Å². The summed E-state index contributed by atoms with van der Waals surface area (Å²) >= 11 is 1.83. The highest BCUT2D eigenvalue weighted by molar-refractivity contribution is 7.08. The van der Waals surface area contributed by atoms with Crippen LogP contribution in [0.3, 0.4) is 0 Å². The Labute approximate surface area is 249 Å². The predicted octanol–water partition coefficient (Wildman–Crippen LogP) is 12.3. The maximum Gasteiger partial charge on any atom is 0.0506 e. The maximum absolute atomic E-state index is 5.96. The molecule has 0 saturated carbocycles. The van der Waals surface area contributed by atoms with Gasteiger partial charge in [0.25, 0.3) is 0 Å². The van der Waals surface area contributed by atoms with E-state index in [1.54, 1.807) is 0 Å². The van der Waals surface area contributed by atoms with Crippen LogP contribution in [-0.4, -0.2) is 26.4 Å². The number of thiophene rings is 1. The van der Waals surface area contributed by atoms with Crippen molar-refractivity contribution in [1.29, 1.82) is 0 Å². The molecular weight excluding hydrogens is 496 g/mol. The van der Waals surface area contributed by atoms with Gasteiger partial charge in [0.1, 0.15) is 0 Å². The number of unbranched alkanes of at least 4 members (excludes halogenated alkanes) is 22. The van der Waals surface area contributed by atoms with Gasteiger partial charge in [0.2, 0.25) is 0 Å². The van der Waals surface area contributed by atoms with Gasteiger partial charge in [0.05, 0.1) is 13.2 Å². The minimum absolute atomic E-state index is 0.863. The SMILES string of the molecule is CCCCCCCCCCCCCCOCCc1cscc1CCOCCCCCCCCCCCCCC. The van der Waals surface area contributed by atoms with E-state index in [9.17, 15) is 0 Å². The normalized spacial score (nSPS) is 11.5. The summed E-state index contributed by atoms with van der Waals surface area (Å²) in [5, 5.41) is 4.63. The van der Waals surface area contributed by atoms with Crippen LogP contribution in [0.25, 0.3) is 0 Å². The molecule has 1 rings (SSSR count). The molecule has 0 spiro atoms. The molecule has 0 aromatic carbocycles. The van der Waals surface area contributed by atoms with Crippen LogP contribution in [0.1, 0.15) is 179 Å². The van der Waals surface area contributed by atoms with E-state index in [1.165, 1.54) is 165 Å². The summed E-state index contributed by atoms with van der Waals surface area (Å²) in [7, 11) is 0. The first-order valence-corrected chi connectivity index (χ1v) is 18.5. The number of ether oxygens (including phenoxy) is 2. The average Bonchev–Trinajstić information content (AvgIpc) is 3.40. The highest BCUT2D eigenvalue weighted by Crippen LogP contribution is 2.17. The molecule has 0 saturated heterocycles. The highest BCUT2D eigenvalue weighted by atomic mass is 32.1. The molecule has 2 nitrogen and oxygen atoms in total. The Morgan fingerprint density at radius 1 is 0.385 bits per heavy atom. The van der Waals surface area contributed by atoms with Crippen LogP contribution in [0, 0.1) is 0 Å². The van der Waals surface area contributed by atoms with Crippen LogP contribution in [0.2, 0.25) is 0 Å². The second-order valence-corrected chi connectivity index (χ2v) is 12.7. The van der Waals surface area contributed by atoms with Crippen LogP contribution in [-0.2, 0) is 22.3 Å². The summed E-state index contributed by atoms with van der Waals surface area (Å²) in [6.45, 7) is 8.17. The lowest BCUT2D eigenvalue weighted by Crippen LogP contribution is -2.04. The van der Waals surface area contributed by atoms with Gasteiger partial charge in [-0.15, -0.1) is 0 Å². The van der Waals surface area contributed by atoms with Crippen molar-refractivity contribution in [1.82, 2.24) is 0 Å². The highest BCUT2D eigenvalue weighted by Gasteiger charge is 2.04. The van der Waals surface area contributed by atoms with Crippen molar-refractivity contribution in [3.63, 3.8) is 0 Å². The van der Waals surface area contributed by atoms with Gasteiger partial charge in [-0.2, -0.15) is 11.3 Å². The van der Waals surface area contributed by atoms with Crippen LogP contribution in [0.4, 0.5) is 0 Å². The van der Waals surface area contributed by atoms with E-state index < -0.39 is 0 Å². The van der Waals surface area contributed by atoms with Gasteiger partial charge < -0.3 is 9.47 Å². The molecule has 230 valence electrons. The minimum Gasteiger partial charge on any atom is -0.381 e. The Hall–Kier alpha value is -0.380. The van der Waals surface area contributed by atoms with E-state index in [0.29, 0.717) is 0 Å². The lowest BCUT2D eigenvalue weighted by atomic mass is 10.1. The molecule has 39 heavy (non-hydrogen) atoms. The van der Waals surface area contributed by atoms with Gasteiger partial charge in [0.15, 0.2) is 0 Å². The molecular formula is C36H68O2S. The van der Waals surface area contributed by atoms with Gasteiger partial charge in [0, 0.05) is 13.2 Å². The fraction of sp³-hybridized carbons (Fsp3) is 0.889. The molecule has 1 aromatic rings. The van der Waals surface area contributed by atoms with Crippen molar-refractivity contribution >= 4 is 11.3 Å². The Morgan fingerprint density at radius 2 is 0.667 bits per heavy atom. The summed E-state index contributed by atoms with van der Waals surface area (Å²) in [6.07, 6.45) is 35.7. The molecule has 0 unspecified atom stereocenters. The van der Waals surface area contributed by atoms with Crippen LogP contribution in [0.15, 0.2) is 10.8 Å². The molecule has 0 bridgehead atoms. The predicted molar refractivity (Wildman–Crippen MR) is 176 cm³/mol. The Morgan fingerprint density at radius 3 is 0.974 bits per heavy atom. The van der Waals surface area contributed by atoms with Crippen molar-refractivity contribution in [3.8, 4) is 0 Å². The van der Waals surface area contributed by atoms with E-state index in [0.717, 1.165) is 39.3 Å². The zero-order chi connectivity index (χ0) is 27.9. The first kappa shape index (κ1) is 36.6. The smallest absolute Gasteiger partial charge is 0.0506 e. The third-order valence-electron chi connectivity index (χ3n) is 8.15. The lowest BCUT2D eigenvalue weighted by Gasteiger charge is -2.07. The molecule has 0 aliphatic rings. The van der Waals surface area contributed by atoms with Gasteiger partial charge in [-0.3, -0.25) is 0 Å². The quantitative estimate of drug-likeness (QED) is 0.0810. The van der Waals surface area contributed by atoms with Gasteiger partial charge >= 0.3 is 0 Å². The zero-order valence-electron chi connectivity index (χ0n) is 26.6. The zero-order valence-corrected chi connectivity index (χ0v) is 27.4. The Bertz CT molecular complexity index is 536. The minimum atomic E-state index is 0.863. The number of rotatable bonds is 32. The van der Waals surface area contributed by atoms with Gasteiger partial charge in [-0.1, -0.05) is 155 Å². The summed E-state index contributed by atoms with van der Waals surface area (Å²) < 4.78 is 11.9. The summed E-state index contributed by atoms with van der Waals surface area (Å²) in [5.74, 6) is 0. The van der Waals surface area contributed by atoms with Crippen molar-refractivity contribution < 1.29 is 9.47 Å². The standard InChI is InChI=1S/C36H68O2S/c1-3-5-7-9-11-13-15-17-19-21-23-25-29-37-31-27-35-33-39-34-36(35)28-32-38-30-26-24-22-20-18-16-14-12-10-8-6-4-2/h33-34H,3-32H2,1-2H3.